The first-order chi connectivity index (χ1) is 9.36. The van der Waals surface area contributed by atoms with Crippen LogP contribution >= 0.6 is 0 Å². The fourth-order valence-corrected chi connectivity index (χ4v) is 2.66. The van der Waals surface area contributed by atoms with Gasteiger partial charge in [0.25, 0.3) is 0 Å². The average Bonchev–Trinajstić information content (AvgIpc) is 2.99. The second-order valence-electron chi connectivity index (χ2n) is 4.96. The van der Waals surface area contributed by atoms with Gasteiger partial charge in [0.05, 0.1) is 0 Å². The van der Waals surface area contributed by atoms with Gasteiger partial charge in [0, 0.05) is 30.9 Å². The summed E-state index contributed by atoms with van der Waals surface area (Å²) in [5, 5.41) is 8.42. The fourth-order valence-electron chi connectivity index (χ4n) is 2.66. The molecule has 0 spiro atoms. The molecular formula is C14H18N4O. The number of hydrogen-bond donors (Lipinski definition) is 1. The molecule has 2 heterocycles. The second kappa shape index (κ2) is 5.11. The van der Waals surface area contributed by atoms with Crippen LogP contribution in [0.2, 0.25) is 0 Å². The molecule has 1 fully saturated rings. The minimum atomic E-state index is -0.120. The summed E-state index contributed by atoms with van der Waals surface area (Å²) >= 11 is 0. The molecule has 1 aliphatic heterocycles. The third kappa shape index (κ3) is 2.15. The predicted molar refractivity (Wildman–Crippen MR) is 72.1 cm³/mol. The van der Waals surface area contributed by atoms with E-state index >= 15 is 0 Å². The molecule has 1 aromatic carbocycles. The number of nitrogens with two attached hydrogens (primary N) is 1. The van der Waals surface area contributed by atoms with Crippen molar-refractivity contribution in [3.8, 4) is 5.69 Å². The largest absolute Gasteiger partial charge is 0.381 e. The van der Waals surface area contributed by atoms with E-state index in [0.29, 0.717) is 6.54 Å². The smallest absolute Gasteiger partial charge is 0.145 e. The Bertz CT molecular complexity index is 531. The molecule has 19 heavy (non-hydrogen) atoms. The maximum atomic E-state index is 6.04. The molecule has 1 saturated heterocycles. The standard InChI is InChI=1S/C14H18N4O/c15-10-14(6-8-19-9-7-14)13-17-16-11-18(13)12-4-2-1-3-5-12/h1-5,11H,6-10,15H2. The van der Waals surface area contributed by atoms with Gasteiger partial charge in [0.2, 0.25) is 0 Å². The number of nitrogens with zero attached hydrogens (tertiary/aromatic N) is 3. The van der Waals surface area contributed by atoms with E-state index in [2.05, 4.69) is 22.3 Å². The Balaban J connectivity index is 2.04. The lowest BCUT2D eigenvalue weighted by molar-refractivity contribution is 0.0493. The van der Waals surface area contributed by atoms with Crippen molar-refractivity contribution in [2.75, 3.05) is 19.8 Å². The lowest BCUT2D eigenvalue weighted by Crippen LogP contribution is -2.42. The highest BCUT2D eigenvalue weighted by atomic mass is 16.5. The van der Waals surface area contributed by atoms with Gasteiger partial charge < -0.3 is 10.5 Å². The van der Waals surface area contributed by atoms with Crippen molar-refractivity contribution < 1.29 is 4.74 Å². The van der Waals surface area contributed by atoms with Crippen LogP contribution in [0.3, 0.4) is 0 Å². The van der Waals surface area contributed by atoms with Crippen LogP contribution in [0.5, 0.6) is 0 Å². The molecule has 1 aromatic heterocycles. The van der Waals surface area contributed by atoms with Crippen molar-refractivity contribution in [2.24, 2.45) is 5.73 Å². The quantitative estimate of drug-likeness (QED) is 0.900. The molecule has 1 aliphatic rings. The lowest BCUT2D eigenvalue weighted by atomic mass is 9.79. The van der Waals surface area contributed by atoms with E-state index in [9.17, 15) is 0 Å². The molecule has 0 radical (unpaired) electrons. The number of ether oxygens (including phenoxy) is 1. The normalized spacial score (nSPS) is 18.4. The number of aromatic nitrogens is 3. The van der Waals surface area contributed by atoms with E-state index < -0.39 is 0 Å². The summed E-state index contributed by atoms with van der Waals surface area (Å²) in [5.41, 5.74) is 6.99. The number of hydrogen-bond acceptors (Lipinski definition) is 4. The number of para-hydroxylation sites is 1. The minimum Gasteiger partial charge on any atom is -0.381 e. The molecule has 100 valence electrons. The highest BCUT2D eigenvalue weighted by Crippen LogP contribution is 2.33. The first-order valence-electron chi connectivity index (χ1n) is 6.59. The van der Waals surface area contributed by atoms with Gasteiger partial charge in [-0.15, -0.1) is 10.2 Å². The third-order valence-corrected chi connectivity index (χ3v) is 3.90. The third-order valence-electron chi connectivity index (χ3n) is 3.90. The van der Waals surface area contributed by atoms with Gasteiger partial charge in [-0.05, 0) is 25.0 Å². The van der Waals surface area contributed by atoms with E-state index in [1.807, 2.05) is 22.8 Å². The van der Waals surface area contributed by atoms with Crippen LogP contribution in [0.25, 0.3) is 5.69 Å². The van der Waals surface area contributed by atoms with Gasteiger partial charge >= 0.3 is 0 Å². The molecule has 3 rings (SSSR count). The minimum absolute atomic E-state index is 0.120. The first-order valence-corrected chi connectivity index (χ1v) is 6.59. The molecule has 5 nitrogen and oxygen atoms in total. The molecule has 5 heteroatoms. The Labute approximate surface area is 112 Å². The highest BCUT2D eigenvalue weighted by molar-refractivity contribution is 5.34. The summed E-state index contributed by atoms with van der Waals surface area (Å²) < 4.78 is 7.50. The van der Waals surface area contributed by atoms with Gasteiger partial charge in [-0.3, -0.25) is 4.57 Å². The number of benzene rings is 1. The monoisotopic (exact) mass is 258 g/mol. The Morgan fingerprint density at radius 2 is 1.95 bits per heavy atom. The van der Waals surface area contributed by atoms with Gasteiger partial charge in [0.1, 0.15) is 12.2 Å². The topological polar surface area (TPSA) is 66.0 Å². The molecule has 0 amide bonds. The summed E-state index contributed by atoms with van der Waals surface area (Å²) in [6.07, 6.45) is 3.56. The van der Waals surface area contributed by atoms with Gasteiger partial charge in [-0.1, -0.05) is 18.2 Å². The predicted octanol–water partition coefficient (Wildman–Crippen LogP) is 1.27. The zero-order valence-corrected chi connectivity index (χ0v) is 10.8. The maximum Gasteiger partial charge on any atom is 0.145 e. The van der Waals surface area contributed by atoms with Crippen LogP contribution < -0.4 is 5.73 Å². The second-order valence-corrected chi connectivity index (χ2v) is 4.96. The summed E-state index contributed by atoms with van der Waals surface area (Å²) in [6, 6.07) is 10.1. The van der Waals surface area contributed by atoms with Gasteiger partial charge in [0.15, 0.2) is 0 Å². The van der Waals surface area contributed by atoms with E-state index in [4.69, 9.17) is 10.5 Å². The average molecular weight is 258 g/mol. The Hall–Kier alpha value is -1.72. The molecule has 2 aromatic rings. The van der Waals surface area contributed by atoms with E-state index in [1.54, 1.807) is 6.33 Å². The van der Waals surface area contributed by atoms with Crippen LogP contribution in [0, 0.1) is 0 Å². The van der Waals surface area contributed by atoms with Crippen LogP contribution in [0.15, 0.2) is 36.7 Å². The zero-order chi connectivity index (χ0) is 13.1. The van der Waals surface area contributed by atoms with Crippen LogP contribution in [-0.2, 0) is 10.2 Å². The molecule has 0 bridgehead atoms. The van der Waals surface area contributed by atoms with Crippen LogP contribution in [0.4, 0.5) is 0 Å². The molecule has 0 unspecified atom stereocenters. The van der Waals surface area contributed by atoms with Crippen LogP contribution in [0.1, 0.15) is 18.7 Å². The van der Waals surface area contributed by atoms with Crippen molar-refractivity contribution >= 4 is 0 Å². The van der Waals surface area contributed by atoms with Crippen molar-refractivity contribution in [2.45, 2.75) is 18.3 Å². The van der Waals surface area contributed by atoms with Crippen molar-refractivity contribution in [1.29, 1.82) is 0 Å². The lowest BCUT2D eigenvalue weighted by Gasteiger charge is -2.35. The summed E-state index contributed by atoms with van der Waals surface area (Å²) in [6.45, 7) is 2.04. The molecule has 0 saturated carbocycles. The first kappa shape index (κ1) is 12.3. The SMILES string of the molecule is NCC1(c2nncn2-c2ccccc2)CCOCC1. The molecule has 0 aliphatic carbocycles. The van der Waals surface area contributed by atoms with Crippen LogP contribution in [-0.4, -0.2) is 34.5 Å². The van der Waals surface area contributed by atoms with Gasteiger partial charge in [-0.2, -0.15) is 0 Å². The molecule has 0 atom stereocenters. The Morgan fingerprint density at radius 1 is 1.21 bits per heavy atom. The molecular weight excluding hydrogens is 240 g/mol. The Morgan fingerprint density at radius 3 is 2.63 bits per heavy atom. The van der Waals surface area contributed by atoms with Crippen molar-refractivity contribution in [1.82, 2.24) is 14.8 Å². The summed E-state index contributed by atoms with van der Waals surface area (Å²) in [4.78, 5) is 0. The van der Waals surface area contributed by atoms with Gasteiger partial charge in [-0.25, -0.2) is 0 Å². The molecule has 2 N–H and O–H groups in total. The fraction of sp³-hybridized carbons (Fsp3) is 0.429. The van der Waals surface area contributed by atoms with E-state index in [-0.39, 0.29) is 5.41 Å². The highest BCUT2D eigenvalue weighted by Gasteiger charge is 2.37. The van der Waals surface area contributed by atoms with E-state index in [0.717, 1.165) is 37.6 Å². The maximum absolute atomic E-state index is 6.04. The Kier molecular flexibility index (Phi) is 3.31. The number of rotatable bonds is 3. The summed E-state index contributed by atoms with van der Waals surface area (Å²) in [5.74, 6) is 0.949. The summed E-state index contributed by atoms with van der Waals surface area (Å²) in [7, 11) is 0. The van der Waals surface area contributed by atoms with E-state index in [1.165, 1.54) is 0 Å². The van der Waals surface area contributed by atoms with Crippen molar-refractivity contribution in [3.05, 3.63) is 42.5 Å². The van der Waals surface area contributed by atoms with Crippen molar-refractivity contribution in [3.63, 3.8) is 0 Å². The zero-order valence-electron chi connectivity index (χ0n) is 10.8.